The molecule has 1 aliphatic heterocycles. The van der Waals surface area contributed by atoms with Crippen LogP contribution in [-0.4, -0.2) is 29.3 Å². The lowest BCUT2D eigenvalue weighted by atomic mass is 9.93. The summed E-state index contributed by atoms with van der Waals surface area (Å²) in [7, 11) is 0. The number of rotatable bonds is 3. The number of primary amides is 1. The summed E-state index contributed by atoms with van der Waals surface area (Å²) >= 11 is 0. The van der Waals surface area contributed by atoms with Gasteiger partial charge in [-0.25, -0.2) is 0 Å². The summed E-state index contributed by atoms with van der Waals surface area (Å²) in [6.07, 6.45) is 2.04. The number of hydrogen-bond acceptors (Lipinski definition) is 2. The molecular weight excluding hydrogens is 324 g/mol. The molecule has 2 aromatic carbocycles. The van der Waals surface area contributed by atoms with Crippen molar-refractivity contribution in [1.29, 1.82) is 0 Å². The van der Waals surface area contributed by atoms with Crippen molar-refractivity contribution in [2.75, 3.05) is 6.54 Å². The molecule has 1 saturated heterocycles. The van der Waals surface area contributed by atoms with Gasteiger partial charge in [-0.1, -0.05) is 55.5 Å². The van der Waals surface area contributed by atoms with Crippen molar-refractivity contribution in [3.8, 4) is 11.1 Å². The zero-order valence-electron chi connectivity index (χ0n) is 15.0. The number of benzene rings is 2. The number of nitrogens with zero attached hydrogens (tertiary/aromatic N) is 1. The summed E-state index contributed by atoms with van der Waals surface area (Å²) in [5.74, 6) is 0.721. The molecule has 134 valence electrons. The van der Waals surface area contributed by atoms with E-state index in [1.165, 1.54) is 0 Å². The van der Waals surface area contributed by atoms with E-state index >= 15 is 0 Å². The van der Waals surface area contributed by atoms with Crippen molar-refractivity contribution in [3.63, 3.8) is 0 Å². The number of nitrogens with two attached hydrogens (primary N) is 1. The summed E-state index contributed by atoms with van der Waals surface area (Å²) in [6, 6.07) is 17.0. The highest BCUT2D eigenvalue weighted by atomic mass is 16.2. The average molecular weight is 348 g/mol. The van der Waals surface area contributed by atoms with Crippen LogP contribution in [0.1, 0.15) is 30.1 Å². The molecule has 4 unspecified atom stereocenters. The van der Waals surface area contributed by atoms with Gasteiger partial charge in [0.1, 0.15) is 6.04 Å². The van der Waals surface area contributed by atoms with Gasteiger partial charge in [-0.05, 0) is 47.8 Å². The molecule has 0 radical (unpaired) electrons. The van der Waals surface area contributed by atoms with E-state index in [1.807, 2.05) is 54.6 Å². The molecular formula is C22H24N2O2. The van der Waals surface area contributed by atoms with Gasteiger partial charge >= 0.3 is 0 Å². The van der Waals surface area contributed by atoms with E-state index in [4.69, 9.17) is 5.73 Å². The second-order valence-corrected chi connectivity index (χ2v) is 7.72. The molecule has 26 heavy (non-hydrogen) atoms. The first-order valence-corrected chi connectivity index (χ1v) is 9.31. The lowest BCUT2D eigenvalue weighted by Crippen LogP contribution is -2.46. The highest BCUT2D eigenvalue weighted by Crippen LogP contribution is 2.45. The summed E-state index contributed by atoms with van der Waals surface area (Å²) in [5, 5.41) is 0. The Morgan fingerprint density at radius 3 is 2.42 bits per heavy atom. The molecule has 2 fully saturated rings. The van der Waals surface area contributed by atoms with E-state index in [9.17, 15) is 9.59 Å². The molecule has 1 saturated carbocycles. The highest BCUT2D eigenvalue weighted by Gasteiger charge is 2.50. The van der Waals surface area contributed by atoms with Crippen molar-refractivity contribution in [2.45, 2.75) is 25.8 Å². The summed E-state index contributed by atoms with van der Waals surface area (Å²) < 4.78 is 0. The van der Waals surface area contributed by atoms with Gasteiger partial charge in [-0.15, -0.1) is 0 Å². The van der Waals surface area contributed by atoms with Gasteiger partial charge < -0.3 is 10.6 Å². The molecule has 0 bridgehead atoms. The van der Waals surface area contributed by atoms with E-state index in [0.717, 1.165) is 24.0 Å². The zero-order chi connectivity index (χ0) is 18.3. The van der Waals surface area contributed by atoms with Crippen molar-refractivity contribution in [2.24, 2.45) is 23.5 Å². The van der Waals surface area contributed by atoms with Gasteiger partial charge in [0.15, 0.2) is 0 Å². The third-order valence-electron chi connectivity index (χ3n) is 5.95. The van der Waals surface area contributed by atoms with E-state index in [1.54, 1.807) is 4.90 Å². The Labute approximate surface area is 154 Å². The SMILES string of the molecule is CC1CC2CN(C(=O)c3ccccc3-c3ccccc3)C(C(N)=O)C2C1. The number of amides is 2. The number of hydrogen-bond donors (Lipinski definition) is 1. The normalized spacial score (nSPS) is 27.3. The van der Waals surface area contributed by atoms with Gasteiger partial charge in [-0.3, -0.25) is 9.59 Å². The van der Waals surface area contributed by atoms with Gasteiger partial charge in [-0.2, -0.15) is 0 Å². The molecule has 4 rings (SSSR count). The topological polar surface area (TPSA) is 63.4 Å². The smallest absolute Gasteiger partial charge is 0.255 e. The molecule has 2 aliphatic rings. The first kappa shape index (κ1) is 16.8. The maximum absolute atomic E-state index is 13.4. The van der Waals surface area contributed by atoms with Crippen LogP contribution in [0, 0.1) is 17.8 Å². The Balaban J connectivity index is 1.70. The largest absolute Gasteiger partial charge is 0.368 e. The van der Waals surface area contributed by atoms with Crippen molar-refractivity contribution < 1.29 is 9.59 Å². The maximum atomic E-state index is 13.4. The second kappa shape index (κ2) is 6.60. The van der Waals surface area contributed by atoms with Crippen molar-refractivity contribution in [1.82, 2.24) is 4.90 Å². The van der Waals surface area contributed by atoms with Crippen LogP contribution in [0.5, 0.6) is 0 Å². The summed E-state index contributed by atoms with van der Waals surface area (Å²) in [6.45, 7) is 2.85. The maximum Gasteiger partial charge on any atom is 0.255 e. The first-order valence-electron chi connectivity index (χ1n) is 9.31. The van der Waals surface area contributed by atoms with E-state index < -0.39 is 6.04 Å². The molecule has 4 heteroatoms. The zero-order valence-corrected chi connectivity index (χ0v) is 15.0. The van der Waals surface area contributed by atoms with E-state index in [0.29, 0.717) is 23.9 Å². The van der Waals surface area contributed by atoms with E-state index in [2.05, 4.69) is 6.92 Å². The van der Waals surface area contributed by atoms with E-state index in [-0.39, 0.29) is 17.7 Å². The fourth-order valence-corrected chi connectivity index (χ4v) is 4.91. The van der Waals surface area contributed by atoms with Crippen molar-refractivity contribution in [3.05, 3.63) is 60.2 Å². The number of fused-ring (bicyclic) bond motifs is 1. The number of likely N-dealkylation sites (tertiary alicyclic amines) is 1. The lowest BCUT2D eigenvalue weighted by Gasteiger charge is -2.26. The third-order valence-corrected chi connectivity index (χ3v) is 5.95. The molecule has 2 amide bonds. The Bertz CT molecular complexity index is 833. The fourth-order valence-electron chi connectivity index (χ4n) is 4.91. The monoisotopic (exact) mass is 348 g/mol. The van der Waals surface area contributed by atoms with Crippen molar-refractivity contribution >= 4 is 11.8 Å². The number of carbonyl (C=O) groups excluding carboxylic acids is 2. The van der Waals surface area contributed by atoms with Gasteiger partial charge in [0, 0.05) is 12.1 Å². The van der Waals surface area contributed by atoms with Crippen LogP contribution >= 0.6 is 0 Å². The minimum Gasteiger partial charge on any atom is -0.368 e. The van der Waals surface area contributed by atoms with Gasteiger partial charge in [0.05, 0.1) is 0 Å². The highest BCUT2D eigenvalue weighted by molar-refractivity contribution is 6.03. The fraction of sp³-hybridized carbons (Fsp3) is 0.364. The molecule has 2 aromatic rings. The Morgan fingerprint density at radius 2 is 1.69 bits per heavy atom. The molecule has 4 atom stereocenters. The lowest BCUT2D eigenvalue weighted by molar-refractivity contribution is -0.122. The molecule has 2 N–H and O–H groups in total. The van der Waals surface area contributed by atoms with Crippen LogP contribution in [0.4, 0.5) is 0 Å². The number of carbonyl (C=O) groups is 2. The Morgan fingerprint density at radius 1 is 1.00 bits per heavy atom. The quantitative estimate of drug-likeness (QED) is 0.925. The predicted molar refractivity (Wildman–Crippen MR) is 101 cm³/mol. The molecule has 4 nitrogen and oxygen atoms in total. The van der Waals surface area contributed by atoms with Crippen LogP contribution in [0.2, 0.25) is 0 Å². The van der Waals surface area contributed by atoms with Crippen LogP contribution in [0.25, 0.3) is 11.1 Å². The molecule has 1 heterocycles. The summed E-state index contributed by atoms with van der Waals surface area (Å²) in [5.41, 5.74) is 8.25. The van der Waals surface area contributed by atoms with Gasteiger partial charge in [0.2, 0.25) is 5.91 Å². The third kappa shape index (κ3) is 2.79. The molecule has 1 aliphatic carbocycles. The van der Waals surface area contributed by atoms with Crippen LogP contribution in [0.3, 0.4) is 0 Å². The first-order chi connectivity index (χ1) is 12.6. The second-order valence-electron chi connectivity index (χ2n) is 7.72. The van der Waals surface area contributed by atoms with Crippen LogP contribution in [-0.2, 0) is 4.79 Å². The van der Waals surface area contributed by atoms with Crippen LogP contribution in [0.15, 0.2) is 54.6 Å². The average Bonchev–Trinajstić information content (AvgIpc) is 3.17. The van der Waals surface area contributed by atoms with Crippen LogP contribution < -0.4 is 5.73 Å². The molecule has 0 aromatic heterocycles. The Kier molecular flexibility index (Phi) is 4.27. The summed E-state index contributed by atoms with van der Waals surface area (Å²) in [4.78, 5) is 27.3. The standard InChI is InChI=1S/C22H24N2O2/c1-14-11-16-13-24(20(21(23)25)19(16)12-14)22(26)18-10-6-5-9-17(18)15-7-3-2-4-8-15/h2-10,14,16,19-20H,11-13H2,1H3,(H2,23,25). The Hall–Kier alpha value is -2.62. The predicted octanol–water partition coefficient (Wildman–Crippen LogP) is 3.33. The minimum absolute atomic E-state index is 0.0877. The minimum atomic E-state index is -0.485. The molecule has 0 spiro atoms. The van der Waals surface area contributed by atoms with Gasteiger partial charge in [0.25, 0.3) is 5.91 Å².